The molecule has 0 aromatic heterocycles. The van der Waals surface area contributed by atoms with Crippen molar-refractivity contribution in [2.24, 2.45) is 5.10 Å². The SMILES string of the molecule is CC(=NNC(=O)c1cccc(Cl)c1)c1ccc(NC(=O)c2ccc(Cl)cc2Cl)cc1. The molecule has 152 valence electrons. The first-order valence-electron chi connectivity index (χ1n) is 8.80. The first-order chi connectivity index (χ1) is 14.3. The number of hydrogen-bond acceptors (Lipinski definition) is 3. The second-order valence-corrected chi connectivity index (χ2v) is 7.58. The summed E-state index contributed by atoms with van der Waals surface area (Å²) in [6.07, 6.45) is 0. The molecule has 3 rings (SSSR count). The Kier molecular flexibility index (Phi) is 7.11. The topological polar surface area (TPSA) is 70.6 Å². The summed E-state index contributed by atoms with van der Waals surface area (Å²) in [4.78, 5) is 24.5. The molecule has 0 spiro atoms. The van der Waals surface area contributed by atoms with E-state index >= 15 is 0 Å². The molecule has 8 heteroatoms. The Morgan fingerprint density at radius 1 is 0.800 bits per heavy atom. The van der Waals surface area contributed by atoms with E-state index in [-0.39, 0.29) is 16.8 Å². The van der Waals surface area contributed by atoms with E-state index in [4.69, 9.17) is 34.8 Å². The lowest BCUT2D eigenvalue weighted by molar-refractivity contribution is 0.0954. The van der Waals surface area contributed by atoms with E-state index in [1.807, 2.05) is 0 Å². The minimum atomic E-state index is -0.361. The average molecular weight is 461 g/mol. The summed E-state index contributed by atoms with van der Waals surface area (Å²) in [5, 5.41) is 8.09. The summed E-state index contributed by atoms with van der Waals surface area (Å²) >= 11 is 17.8. The van der Waals surface area contributed by atoms with E-state index < -0.39 is 0 Å². The lowest BCUT2D eigenvalue weighted by Gasteiger charge is -2.08. The maximum Gasteiger partial charge on any atom is 0.271 e. The Morgan fingerprint density at radius 2 is 1.50 bits per heavy atom. The zero-order chi connectivity index (χ0) is 21.7. The van der Waals surface area contributed by atoms with Gasteiger partial charge in [-0.15, -0.1) is 0 Å². The van der Waals surface area contributed by atoms with Gasteiger partial charge < -0.3 is 5.32 Å². The Balaban J connectivity index is 1.65. The van der Waals surface area contributed by atoms with Gasteiger partial charge in [0, 0.05) is 21.3 Å². The second kappa shape index (κ2) is 9.76. The van der Waals surface area contributed by atoms with Gasteiger partial charge in [0.1, 0.15) is 0 Å². The van der Waals surface area contributed by atoms with Crippen molar-refractivity contribution >= 4 is 58.0 Å². The summed E-state index contributed by atoms with van der Waals surface area (Å²) in [6.45, 7) is 1.76. The monoisotopic (exact) mass is 459 g/mol. The molecule has 3 aromatic carbocycles. The third kappa shape index (κ3) is 5.60. The summed E-state index contributed by atoms with van der Waals surface area (Å²) in [5.41, 5.74) is 5.21. The van der Waals surface area contributed by atoms with Gasteiger partial charge >= 0.3 is 0 Å². The number of carbonyl (C=O) groups is 2. The summed E-state index contributed by atoms with van der Waals surface area (Å²) in [6, 6.07) is 18.3. The molecule has 2 amide bonds. The minimum absolute atomic E-state index is 0.273. The zero-order valence-electron chi connectivity index (χ0n) is 15.7. The van der Waals surface area contributed by atoms with Gasteiger partial charge in [-0.2, -0.15) is 5.10 Å². The van der Waals surface area contributed by atoms with Crippen molar-refractivity contribution in [2.45, 2.75) is 6.92 Å². The quantitative estimate of drug-likeness (QED) is 0.359. The third-order valence-corrected chi connectivity index (χ3v) is 4.93. The van der Waals surface area contributed by atoms with E-state index in [9.17, 15) is 9.59 Å². The first-order valence-corrected chi connectivity index (χ1v) is 9.94. The number of nitrogens with zero attached hydrogens (tertiary/aromatic N) is 1. The number of carbonyl (C=O) groups excluding carboxylic acids is 2. The molecule has 0 aliphatic heterocycles. The lowest BCUT2D eigenvalue weighted by atomic mass is 10.1. The van der Waals surface area contributed by atoms with Crippen LogP contribution in [0.1, 0.15) is 33.2 Å². The van der Waals surface area contributed by atoms with Crippen LogP contribution < -0.4 is 10.7 Å². The number of benzene rings is 3. The predicted octanol–water partition coefficient (Wildman–Crippen LogP) is 6.05. The minimum Gasteiger partial charge on any atom is -0.322 e. The standard InChI is InChI=1S/C22H16Cl3N3O2/c1-13(27-28-21(29)15-3-2-4-16(23)11-15)14-5-8-18(9-6-14)26-22(30)19-10-7-17(24)12-20(19)25/h2-12H,1H3,(H,26,30)(H,28,29). The van der Waals surface area contributed by atoms with Crippen LogP contribution in [0.2, 0.25) is 15.1 Å². The number of rotatable bonds is 5. The van der Waals surface area contributed by atoms with Crippen molar-refractivity contribution in [1.82, 2.24) is 5.43 Å². The van der Waals surface area contributed by atoms with Crippen LogP contribution in [-0.2, 0) is 0 Å². The number of hydrazone groups is 1. The largest absolute Gasteiger partial charge is 0.322 e. The Bertz CT molecular complexity index is 1130. The van der Waals surface area contributed by atoms with Crippen molar-refractivity contribution in [1.29, 1.82) is 0 Å². The van der Waals surface area contributed by atoms with Crippen LogP contribution in [0.4, 0.5) is 5.69 Å². The van der Waals surface area contributed by atoms with Crippen molar-refractivity contribution in [3.63, 3.8) is 0 Å². The van der Waals surface area contributed by atoms with Crippen molar-refractivity contribution < 1.29 is 9.59 Å². The highest BCUT2D eigenvalue weighted by Gasteiger charge is 2.11. The smallest absolute Gasteiger partial charge is 0.271 e. The normalized spacial score (nSPS) is 11.1. The van der Waals surface area contributed by atoms with Gasteiger partial charge in [0.05, 0.1) is 16.3 Å². The van der Waals surface area contributed by atoms with Crippen molar-refractivity contribution in [3.8, 4) is 0 Å². The van der Waals surface area contributed by atoms with Crippen LogP contribution in [0.25, 0.3) is 0 Å². The number of halogens is 3. The molecule has 2 N–H and O–H groups in total. The number of nitrogens with one attached hydrogen (secondary N) is 2. The average Bonchev–Trinajstić information content (AvgIpc) is 2.72. The van der Waals surface area contributed by atoms with Gasteiger partial charge in [-0.1, -0.05) is 53.0 Å². The van der Waals surface area contributed by atoms with Gasteiger partial charge in [-0.25, -0.2) is 5.43 Å². The molecule has 0 saturated carbocycles. The molecule has 0 heterocycles. The van der Waals surface area contributed by atoms with Gasteiger partial charge in [0.25, 0.3) is 11.8 Å². The van der Waals surface area contributed by atoms with Crippen LogP contribution >= 0.6 is 34.8 Å². The van der Waals surface area contributed by atoms with Crippen molar-refractivity contribution in [3.05, 3.63) is 98.5 Å². The molecule has 0 aliphatic rings. The lowest BCUT2D eigenvalue weighted by Crippen LogP contribution is -2.19. The molecule has 0 unspecified atom stereocenters. The van der Waals surface area contributed by atoms with E-state index in [1.54, 1.807) is 67.6 Å². The Hall–Kier alpha value is -2.86. The first kappa shape index (κ1) is 21.8. The Morgan fingerprint density at radius 3 is 2.17 bits per heavy atom. The van der Waals surface area contributed by atoms with Crippen LogP contribution in [0.15, 0.2) is 71.8 Å². The van der Waals surface area contributed by atoms with Crippen LogP contribution in [-0.4, -0.2) is 17.5 Å². The van der Waals surface area contributed by atoms with E-state index in [1.165, 1.54) is 6.07 Å². The summed E-state index contributed by atoms with van der Waals surface area (Å²) < 4.78 is 0. The molecule has 0 atom stereocenters. The maximum atomic E-state index is 12.4. The summed E-state index contributed by atoms with van der Waals surface area (Å²) in [7, 11) is 0. The van der Waals surface area contributed by atoms with Crippen molar-refractivity contribution in [2.75, 3.05) is 5.32 Å². The van der Waals surface area contributed by atoms with E-state index in [0.29, 0.717) is 32.6 Å². The highest BCUT2D eigenvalue weighted by molar-refractivity contribution is 6.37. The van der Waals surface area contributed by atoms with Crippen LogP contribution in [0, 0.1) is 0 Å². The van der Waals surface area contributed by atoms with Gasteiger partial charge in [0.2, 0.25) is 0 Å². The van der Waals surface area contributed by atoms with Gasteiger partial charge in [-0.05, 0) is 61.0 Å². The highest BCUT2D eigenvalue weighted by atomic mass is 35.5. The van der Waals surface area contributed by atoms with E-state index in [2.05, 4.69) is 15.8 Å². The number of anilines is 1. The molecule has 0 saturated heterocycles. The second-order valence-electron chi connectivity index (χ2n) is 6.30. The maximum absolute atomic E-state index is 12.4. The fraction of sp³-hybridized carbons (Fsp3) is 0.0455. The molecule has 0 fully saturated rings. The molecule has 0 aliphatic carbocycles. The number of hydrogen-bond donors (Lipinski definition) is 2. The molecule has 3 aromatic rings. The fourth-order valence-corrected chi connectivity index (χ4v) is 3.24. The summed E-state index contributed by atoms with van der Waals surface area (Å²) in [5.74, 6) is -0.704. The molecular weight excluding hydrogens is 445 g/mol. The van der Waals surface area contributed by atoms with Crippen LogP contribution in [0.3, 0.4) is 0 Å². The van der Waals surface area contributed by atoms with Gasteiger partial charge in [-0.3, -0.25) is 9.59 Å². The third-order valence-electron chi connectivity index (χ3n) is 4.15. The van der Waals surface area contributed by atoms with Crippen LogP contribution in [0.5, 0.6) is 0 Å². The fourth-order valence-electron chi connectivity index (χ4n) is 2.56. The number of amides is 2. The Labute approximate surface area is 188 Å². The molecule has 0 bridgehead atoms. The molecule has 5 nitrogen and oxygen atoms in total. The zero-order valence-corrected chi connectivity index (χ0v) is 18.0. The predicted molar refractivity (Wildman–Crippen MR) is 122 cm³/mol. The van der Waals surface area contributed by atoms with Gasteiger partial charge in [0.15, 0.2) is 0 Å². The molecular formula is C22H16Cl3N3O2. The van der Waals surface area contributed by atoms with E-state index in [0.717, 1.165) is 5.56 Å². The molecule has 0 radical (unpaired) electrons. The highest BCUT2D eigenvalue weighted by Crippen LogP contribution is 2.22. The molecule has 30 heavy (non-hydrogen) atoms.